The van der Waals surface area contributed by atoms with E-state index in [0.29, 0.717) is 6.42 Å². The fourth-order valence-corrected chi connectivity index (χ4v) is 1.44. The lowest BCUT2D eigenvalue weighted by molar-refractivity contribution is 0.00574. The molecule has 0 bridgehead atoms. The van der Waals surface area contributed by atoms with E-state index >= 15 is 0 Å². The summed E-state index contributed by atoms with van der Waals surface area (Å²) in [6.07, 6.45) is 0.532. The molecule has 1 rings (SSSR count). The van der Waals surface area contributed by atoms with Crippen LogP contribution < -0.4 is 5.32 Å². The van der Waals surface area contributed by atoms with Gasteiger partial charge in [-0.25, -0.2) is 0 Å². The van der Waals surface area contributed by atoms with Gasteiger partial charge in [0.15, 0.2) is 5.60 Å². The lowest BCUT2D eigenvalue weighted by Gasteiger charge is -2.36. The summed E-state index contributed by atoms with van der Waals surface area (Å²) in [5, 5.41) is 21.6. The lowest BCUT2D eigenvalue weighted by Crippen LogP contribution is -2.52. The molecule has 1 aliphatic heterocycles. The first kappa shape index (κ1) is 8.51. The van der Waals surface area contributed by atoms with Crippen molar-refractivity contribution in [3.05, 3.63) is 0 Å². The fourth-order valence-electron chi connectivity index (χ4n) is 1.44. The van der Waals surface area contributed by atoms with Crippen molar-refractivity contribution in [1.82, 2.24) is 5.32 Å². The second-order valence-corrected chi connectivity index (χ2v) is 3.45. The molecule has 0 aromatic heterocycles. The zero-order valence-electron chi connectivity index (χ0n) is 6.96. The Morgan fingerprint density at radius 3 is 2.73 bits per heavy atom. The highest BCUT2D eigenvalue weighted by Crippen LogP contribution is 2.25. The van der Waals surface area contributed by atoms with Gasteiger partial charge in [-0.3, -0.25) is 0 Å². The average Bonchev–Trinajstić information content (AvgIpc) is 1.98. The van der Waals surface area contributed by atoms with E-state index in [1.54, 1.807) is 0 Å². The number of nitriles is 1. The number of aliphatic hydroxyl groups is 1. The van der Waals surface area contributed by atoms with E-state index in [2.05, 4.69) is 5.32 Å². The molecule has 1 heterocycles. The van der Waals surface area contributed by atoms with Crippen LogP contribution in [-0.2, 0) is 0 Å². The van der Waals surface area contributed by atoms with Crippen molar-refractivity contribution in [2.24, 2.45) is 5.92 Å². The monoisotopic (exact) mass is 154 g/mol. The second-order valence-electron chi connectivity index (χ2n) is 3.45. The first-order chi connectivity index (χ1) is 5.08. The van der Waals surface area contributed by atoms with Crippen LogP contribution in [0.1, 0.15) is 20.3 Å². The van der Waals surface area contributed by atoms with E-state index in [4.69, 9.17) is 5.26 Å². The van der Waals surface area contributed by atoms with Gasteiger partial charge in [0, 0.05) is 24.9 Å². The fraction of sp³-hybridized carbons (Fsp3) is 0.875. The summed E-state index contributed by atoms with van der Waals surface area (Å²) in [5.41, 5.74) is -1.11. The quantitative estimate of drug-likeness (QED) is 0.492. The minimum Gasteiger partial charge on any atom is -0.375 e. The molecule has 3 nitrogen and oxygen atoms in total. The lowest BCUT2D eigenvalue weighted by atomic mass is 9.81. The maximum absolute atomic E-state index is 9.72. The summed E-state index contributed by atoms with van der Waals surface area (Å²) < 4.78 is 0. The summed E-state index contributed by atoms with van der Waals surface area (Å²) in [6, 6.07) is 2.22. The van der Waals surface area contributed by atoms with Gasteiger partial charge < -0.3 is 10.4 Å². The SMILES string of the molecule is CC1CC(O)(C#N)C(C)CN1. The van der Waals surface area contributed by atoms with Crippen molar-refractivity contribution >= 4 is 0 Å². The first-order valence-corrected chi connectivity index (χ1v) is 3.95. The highest BCUT2D eigenvalue weighted by atomic mass is 16.3. The molecular weight excluding hydrogens is 140 g/mol. The Morgan fingerprint density at radius 2 is 2.27 bits per heavy atom. The van der Waals surface area contributed by atoms with E-state index in [-0.39, 0.29) is 12.0 Å². The molecule has 62 valence electrons. The van der Waals surface area contributed by atoms with Crippen LogP contribution in [-0.4, -0.2) is 23.3 Å². The molecule has 0 aromatic carbocycles. The molecule has 1 aliphatic rings. The molecule has 3 atom stereocenters. The van der Waals surface area contributed by atoms with Crippen molar-refractivity contribution < 1.29 is 5.11 Å². The van der Waals surface area contributed by atoms with Crippen LogP contribution in [0.4, 0.5) is 0 Å². The Balaban J connectivity index is 2.70. The van der Waals surface area contributed by atoms with Gasteiger partial charge in [0.05, 0.1) is 6.07 Å². The summed E-state index contributed by atoms with van der Waals surface area (Å²) in [7, 11) is 0. The highest BCUT2D eigenvalue weighted by Gasteiger charge is 2.38. The van der Waals surface area contributed by atoms with Gasteiger partial charge in [-0.2, -0.15) is 5.26 Å². The molecular formula is C8H14N2O. The van der Waals surface area contributed by atoms with Crippen molar-refractivity contribution in [3.63, 3.8) is 0 Å². The molecule has 1 fully saturated rings. The minimum atomic E-state index is -1.11. The third-order valence-electron chi connectivity index (χ3n) is 2.40. The van der Waals surface area contributed by atoms with E-state index in [9.17, 15) is 5.11 Å². The number of hydrogen-bond acceptors (Lipinski definition) is 3. The summed E-state index contributed by atoms with van der Waals surface area (Å²) in [5.74, 6) is 0.0312. The molecule has 0 amide bonds. The summed E-state index contributed by atoms with van der Waals surface area (Å²) in [4.78, 5) is 0. The minimum absolute atomic E-state index is 0.0312. The van der Waals surface area contributed by atoms with Crippen molar-refractivity contribution in [2.45, 2.75) is 31.9 Å². The average molecular weight is 154 g/mol. The van der Waals surface area contributed by atoms with E-state index in [0.717, 1.165) is 6.54 Å². The third kappa shape index (κ3) is 1.52. The first-order valence-electron chi connectivity index (χ1n) is 3.95. The van der Waals surface area contributed by atoms with Gasteiger partial charge in [0.1, 0.15) is 0 Å². The van der Waals surface area contributed by atoms with E-state index in [1.807, 2.05) is 19.9 Å². The van der Waals surface area contributed by atoms with Gasteiger partial charge in [0.2, 0.25) is 0 Å². The van der Waals surface area contributed by atoms with Gasteiger partial charge in [0.25, 0.3) is 0 Å². The number of nitrogens with zero attached hydrogens (tertiary/aromatic N) is 1. The van der Waals surface area contributed by atoms with Gasteiger partial charge in [-0.15, -0.1) is 0 Å². The van der Waals surface area contributed by atoms with Crippen LogP contribution in [0.5, 0.6) is 0 Å². The molecule has 3 heteroatoms. The van der Waals surface area contributed by atoms with Crippen molar-refractivity contribution in [1.29, 1.82) is 5.26 Å². The molecule has 0 saturated carbocycles. The van der Waals surface area contributed by atoms with Crippen LogP contribution in [0.3, 0.4) is 0 Å². The molecule has 0 aliphatic carbocycles. The van der Waals surface area contributed by atoms with Crippen LogP contribution in [0.15, 0.2) is 0 Å². The zero-order valence-corrected chi connectivity index (χ0v) is 6.96. The molecule has 2 N–H and O–H groups in total. The largest absolute Gasteiger partial charge is 0.375 e. The Hall–Kier alpha value is -0.590. The van der Waals surface area contributed by atoms with E-state index < -0.39 is 5.60 Å². The van der Waals surface area contributed by atoms with Crippen LogP contribution in [0, 0.1) is 17.2 Å². The molecule has 1 saturated heterocycles. The number of piperidine rings is 1. The molecule has 0 radical (unpaired) electrons. The Kier molecular flexibility index (Phi) is 2.17. The zero-order chi connectivity index (χ0) is 8.48. The second kappa shape index (κ2) is 2.80. The van der Waals surface area contributed by atoms with Crippen molar-refractivity contribution in [3.8, 4) is 6.07 Å². The third-order valence-corrected chi connectivity index (χ3v) is 2.40. The standard InChI is InChI=1S/C8H14N2O/c1-6-4-10-7(2)3-8(6,11)5-9/h6-7,10-11H,3-4H2,1-2H3. The van der Waals surface area contributed by atoms with Crippen LogP contribution in [0.2, 0.25) is 0 Å². The molecule has 11 heavy (non-hydrogen) atoms. The van der Waals surface area contributed by atoms with E-state index in [1.165, 1.54) is 0 Å². The smallest absolute Gasteiger partial charge is 0.156 e. The Labute approximate surface area is 67.0 Å². The number of hydrogen-bond donors (Lipinski definition) is 2. The summed E-state index contributed by atoms with van der Waals surface area (Å²) in [6.45, 7) is 4.60. The molecule has 0 spiro atoms. The van der Waals surface area contributed by atoms with Gasteiger partial charge in [-0.05, 0) is 6.92 Å². The predicted molar refractivity (Wildman–Crippen MR) is 41.8 cm³/mol. The summed E-state index contributed by atoms with van der Waals surface area (Å²) >= 11 is 0. The van der Waals surface area contributed by atoms with Crippen LogP contribution in [0.25, 0.3) is 0 Å². The Bertz CT molecular complexity index is 187. The Morgan fingerprint density at radius 1 is 1.64 bits per heavy atom. The van der Waals surface area contributed by atoms with Crippen LogP contribution >= 0.6 is 0 Å². The maximum Gasteiger partial charge on any atom is 0.156 e. The van der Waals surface area contributed by atoms with Gasteiger partial charge in [-0.1, -0.05) is 6.92 Å². The topological polar surface area (TPSA) is 56.0 Å². The highest BCUT2D eigenvalue weighted by molar-refractivity contribution is 5.07. The number of rotatable bonds is 0. The molecule has 0 aromatic rings. The maximum atomic E-state index is 9.72. The predicted octanol–water partition coefficient (Wildman–Crippen LogP) is 0.259. The van der Waals surface area contributed by atoms with Gasteiger partial charge >= 0.3 is 0 Å². The van der Waals surface area contributed by atoms with Crippen molar-refractivity contribution in [2.75, 3.05) is 6.54 Å². The normalized spacial score (nSPS) is 44.9. The molecule has 3 unspecified atom stereocenters. The number of nitrogens with one attached hydrogen (secondary N) is 1.